The molecule has 0 bridgehead atoms. The highest BCUT2D eigenvalue weighted by Gasteiger charge is 2.40. The van der Waals surface area contributed by atoms with Gasteiger partial charge in [-0.3, -0.25) is 0 Å². The Bertz CT molecular complexity index is 654. The third-order valence-electron chi connectivity index (χ3n) is 2.89. The first-order valence-electron chi connectivity index (χ1n) is 6.43. The Morgan fingerprint density at radius 3 is 2.32 bits per heavy atom. The van der Waals surface area contributed by atoms with Crippen LogP contribution in [0.2, 0.25) is 0 Å². The Morgan fingerprint density at radius 1 is 1.32 bits per heavy atom. The molecule has 1 aromatic carbocycles. The fourth-order valence-corrected chi connectivity index (χ4v) is 3.08. The van der Waals surface area contributed by atoms with Crippen LogP contribution in [0.1, 0.15) is 19.4 Å². The number of hydrogen-bond donors (Lipinski definition) is 1. The van der Waals surface area contributed by atoms with E-state index in [0.29, 0.717) is 0 Å². The number of esters is 1. The number of aryl methyl sites for hydroxylation is 1. The molecule has 1 N–H and O–H groups in total. The molecule has 0 aliphatic rings. The van der Waals surface area contributed by atoms with E-state index in [0.717, 1.165) is 5.56 Å². The van der Waals surface area contributed by atoms with Crippen LogP contribution in [0, 0.1) is 6.92 Å². The molecular weight excluding hydrogens is 326 g/mol. The number of ether oxygens (including phenoxy) is 2. The van der Waals surface area contributed by atoms with Crippen LogP contribution in [0.15, 0.2) is 29.2 Å². The van der Waals surface area contributed by atoms with Crippen LogP contribution in [0.5, 0.6) is 0 Å². The molecule has 1 aromatic rings. The molecule has 0 heterocycles. The lowest BCUT2D eigenvalue weighted by Crippen LogP contribution is -2.56. The third kappa shape index (κ3) is 4.75. The van der Waals surface area contributed by atoms with Crippen molar-refractivity contribution in [2.75, 3.05) is 13.7 Å². The van der Waals surface area contributed by atoms with Gasteiger partial charge in [-0.15, -0.1) is 0 Å². The van der Waals surface area contributed by atoms with E-state index in [-0.39, 0.29) is 16.6 Å². The second kappa shape index (κ2) is 7.17. The average molecular weight is 345 g/mol. The summed E-state index contributed by atoms with van der Waals surface area (Å²) < 4.78 is 37.0. The predicted molar refractivity (Wildman–Crippen MR) is 86.1 cm³/mol. The smallest absolute Gasteiger partial charge is 0.330 e. The molecule has 1 rings (SSSR count). The van der Waals surface area contributed by atoms with Crippen LogP contribution in [-0.4, -0.2) is 38.7 Å². The molecule has 1 unspecified atom stereocenters. The number of hydrogen-bond acceptors (Lipinski definition) is 6. The van der Waals surface area contributed by atoms with E-state index in [9.17, 15) is 13.2 Å². The van der Waals surface area contributed by atoms with Gasteiger partial charge in [0, 0.05) is 6.92 Å². The SMILES string of the molecule is COC(=O)C(C)(COC(C)=S)NS(=O)(=O)c1ccc(C)cc1. The summed E-state index contributed by atoms with van der Waals surface area (Å²) in [7, 11) is -2.74. The molecule has 0 spiro atoms. The topological polar surface area (TPSA) is 81.7 Å². The van der Waals surface area contributed by atoms with Gasteiger partial charge in [-0.05, 0) is 38.2 Å². The lowest BCUT2D eigenvalue weighted by molar-refractivity contribution is -0.148. The summed E-state index contributed by atoms with van der Waals surface area (Å²) in [6, 6.07) is 6.25. The summed E-state index contributed by atoms with van der Waals surface area (Å²) in [4.78, 5) is 12.0. The highest BCUT2D eigenvalue weighted by Crippen LogP contribution is 2.16. The minimum absolute atomic E-state index is 0.0484. The summed E-state index contributed by atoms with van der Waals surface area (Å²) in [6.07, 6.45) is 0. The molecule has 122 valence electrons. The second-order valence-electron chi connectivity index (χ2n) is 5.02. The van der Waals surface area contributed by atoms with Gasteiger partial charge < -0.3 is 9.47 Å². The molecule has 0 saturated heterocycles. The number of nitrogens with one attached hydrogen (secondary N) is 1. The molecular formula is C14H19NO5S2. The normalized spacial score (nSPS) is 14.0. The Morgan fingerprint density at radius 2 is 1.86 bits per heavy atom. The summed E-state index contributed by atoms with van der Waals surface area (Å²) in [5, 5.41) is 0.199. The molecule has 0 aliphatic carbocycles. The van der Waals surface area contributed by atoms with Crippen LogP contribution < -0.4 is 4.72 Å². The molecule has 0 aliphatic heterocycles. The van der Waals surface area contributed by atoms with Gasteiger partial charge in [0.1, 0.15) is 6.61 Å². The minimum atomic E-state index is -3.91. The Balaban J connectivity index is 3.09. The van der Waals surface area contributed by atoms with E-state index in [1.165, 1.54) is 33.1 Å². The zero-order chi connectivity index (χ0) is 17.0. The maximum atomic E-state index is 12.4. The number of sulfonamides is 1. The van der Waals surface area contributed by atoms with Crippen molar-refractivity contribution in [1.82, 2.24) is 4.72 Å². The average Bonchev–Trinajstić information content (AvgIpc) is 2.44. The molecule has 6 nitrogen and oxygen atoms in total. The highest BCUT2D eigenvalue weighted by molar-refractivity contribution is 7.89. The van der Waals surface area contributed by atoms with Crippen LogP contribution in [-0.2, 0) is 24.3 Å². The van der Waals surface area contributed by atoms with E-state index in [2.05, 4.69) is 9.46 Å². The number of benzene rings is 1. The summed E-state index contributed by atoms with van der Waals surface area (Å²) in [5.74, 6) is -0.764. The quantitative estimate of drug-likeness (QED) is 0.622. The van der Waals surface area contributed by atoms with Crippen molar-refractivity contribution >= 4 is 33.3 Å². The number of rotatable bonds is 6. The first kappa shape index (κ1) is 18.5. The lowest BCUT2D eigenvalue weighted by Gasteiger charge is -2.27. The summed E-state index contributed by atoms with van der Waals surface area (Å²) >= 11 is 4.78. The highest BCUT2D eigenvalue weighted by atomic mass is 32.2. The Kier molecular flexibility index (Phi) is 6.04. The van der Waals surface area contributed by atoms with Gasteiger partial charge in [-0.25, -0.2) is 13.2 Å². The van der Waals surface area contributed by atoms with Crippen molar-refractivity contribution in [3.63, 3.8) is 0 Å². The van der Waals surface area contributed by atoms with E-state index in [1.807, 2.05) is 6.92 Å². The molecule has 0 aromatic heterocycles. The van der Waals surface area contributed by atoms with E-state index in [1.54, 1.807) is 12.1 Å². The van der Waals surface area contributed by atoms with Crippen molar-refractivity contribution < 1.29 is 22.7 Å². The van der Waals surface area contributed by atoms with Gasteiger partial charge in [0.2, 0.25) is 10.0 Å². The number of carbonyl (C=O) groups is 1. The summed E-state index contributed by atoms with van der Waals surface area (Å²) in [6.45, 7) is 4.49. The third-order valence-corrected chi connectivity index (χ3v) is 4.62. The van der Waals surface area contributed by atoms with E-state index < -0.39 is 21.5 Å². The zero-order valence-electron chi connectivity index (χ0n) is 12.9. The monoisotopic (exact) mass is 345 g/mol. The van der Waals surface area contributed by atoms with Gasteiger partial charge >= 0.3 is 5.97 Å². The molecule has 0 amide bonds. The molecule has 0 fully saturated rings. The lowest BCUT2D eigenvalue weighted by atomic mass is 10.1. The minimum Gasteiger partial charge on any atom is -0.485 e. The van der Waals surface area contributed by atoms with Crippen molar-refractivity contribution in [1.29, 1.82) is 0 Å². The van der Waals surface area contributed by atoms with Crippen LogP contribution in [0.25, 0.3) is 0 Å². The first-order valence-corrected chi connectivity index (χ1v) is 8.32. The van der Waals surface area contributed by atoms with Gasteiger partial charge in [0.15, 0.2) is 10.6 Å². The maximum Gasteiger partial charge on any atom is 0.330 e. The zero-order valence-corrected chi connectivity index (χ0v) is 14.5. The number of thiocarbonyl (C=S) groups is 1. The molecule has 8 heteroatoms. The molecule has 0 saturated carbocycles. The number of carbonyl (C=O) groups excluding carboxylic acids is 1. The van der Waals surface area contributed by atoms with Crippen LogP contribution in [0.3, 0.4) is 0 Å². The second-order valence-corrected chi connectivity index (χ2v) is 7.28. The van der Waals surface area contributed by atoms with E-state index >= 15 is 0 Å². The van der Waals surface area contributed by atoms with Crippen molar-refractivity contribution in [2.24, 2.45) is 0 Å². The van der Waals surface area contributed by atoms with Crippen molar-refractivity contribution in [3.8, 4) is 0 Å². The molecule has 1 atom stereocenters. The first-order chi connectivity index (χ1) is 10.1. The van der Waals surface area contributed by atoms with Crippen LogP contribution >= 0.6 is 12.2 Å². The number of methoxy groups -OCH3 is 1. The van der Waals surface area contributed by atoms with Crippen LogP contribution in [0.4, 0.5) is 0 Å². The largest absolute Gasteiger partial charge is 0.485 e. The predicted octanol–water partition coefficient (Wildman–Crippen LogP) is 1.57. The maximum absolute atomic E-state index is 12.4. The Hall–Kier alpha value is -1.51. The summed E-state index contributed by atoms with van der Waals surface area (Å²) in [5.41, 5.74) is -0.659. The van der Waals surface area contributed by atoms with Gasteiger partial charge in [-0.2, -0.15) is 4.72 Å². The standard InChI is InChI=1S/C14H19NO5S2/c1-10-5-7-12(8-6-10)22(17,18)15-14(3,13(16)19-4)9-20-11(2)21/h5-8,15H,9H2,1-4H3. The fourth-order valence-electron chi connectivity index (χ4n) is 1.67. The van der Waals surface area contributed by atoms with Gasteiger partial charge in [-0.1, -0.05) is 17.7 Å². The van der Waals surface area contributed by atoms with E-state index in [4.69, 9.17) is 17.0 Å². The van der Waals surface area contributed by atoms with Gasteiger partial charge in [0.05, 0.1) is 12.0 Å². The van der Waals surface area contributed by atoms with Crippen molar-refractivity contribution in [3.05, 3.63) is 29.8 Å². The molecule has 0 radical (unpaired) electrons. The van der Waals surface area contributed by atoms with Gasteiger partial charge in [0.25, 0.3) is 0 Å². The molecule has 22 heavy (non-hydrogen) atoms. The fraction of sp³-hybridized carbons (Fsp3) is 0.429. The van der Waals surface area contributed by atoms with Crippen molar-refractivity contribution in [2.45, 2.75) is 31.2 Å². The Labute approximate surface area is 135 Å².